The molecule has 0 bridgehead atoms. The number of rotatable bonds is 9. The lowest BCUT2D eigenvalue weighted by molar-refractivity contribution is 0.155. The summed E-state index contributed by atoms with van der Waals surface area (Å²) < 4.78 is 0. The van der Waals surface area contributed by atoms with E-state index in [0.717, 1.165) is 36.5 Å². The highest BCUT2D eigenvalue weighted by atomic mass is 14.4. The molecule has 0 aliphatic heterocycles. The molecule has 2 aromatic carbocycles. The van der Waals surface area contributed by atoms with Gasteiger partial charge in [0.05, 0.1) is 0 Å². The molecule has 2 saturated carbocycles. The van der Waals surface area contributed by atoms with E-state index >= 15 is 0 Å². The first-order valence-electron chi connectivity index (χ1n) is 13.9. The Balaban J connectivity index is 1.27. The molecule has 0 spiro atoms. The van der Waals surface area contributed by atoms with Crippen LogP contribution >= 0.6 is 0 Å². The predicted molar refractivity (Wildman–Crippen MR) is 141 cm³/mol. The van der Waals surface area contributed by atoms with E-state index in [1.165, 1.54) is 93.4 Å². The standard InChI is InChI=1S/C32H46/c1-3-5-7-9-25-11-14-27(15-12-25)28-17-19-29(20-18-28)31-22-21-30-23-26(10-8-6-4-2)13-16-32(30)24-31/h4,6,13,16,21-25,27-29H,3,5,7-12,14-15,17-20H2,1-2H3/b6-4+. The maximum Gasteiger partial charge on any atom is -0.0162 e. The highest BCUT2D eigenvalue weighted by molar-refractivity contribution is 5.84. The number of hydrogen-bond donors (Lipinski definition) is 0. The van der Waals surface area contributed by atoms with Crippen molar-refractivity contribution in [2.24, 2.45) is 17.8 Å². The van der Waals surface area contributed by atoms with E-state index in [1.807, 2.05) is 0 Å². The van der Waals surface area contributed by atoms with Crippen LogP contribution in [0, 0.1) is 17.8 Å². The van der Waals surface area contributed by atoms with Crippen LogP contribution in [-0.4, -0.2) is 0 Å². The maximum atomic E-state index is 2.50. The molecule has 2 aliphatic rings. The van der Waals surface area contributed by atoms with E-state index in [4.69, 9.17) is 0 Å². The van der Waals surface area contributed by atoms with Crippen LogP contribution in [0.2, 0.25) is 0 Å². The van der Waals surface area contributed by atoms with Gasteiger partial charge in [-0.05, 0) is 104 Å². The molecule has 4 rings (SSSR count). The van der Waals surface area contributed by atoms with Crippen molar-refractivity contribution in [3.63, 3.8) is 0 Å². The van der Waals surface area contributed by atoms with Gasteiger partial charge < -0.3 is 0 Å². The summed E-state index contributed by atoms with van der Waals surface area (Å²) in [5, 5.41) is 2.84. The summed E-state index contributed by atoms with van der Waals surface area (Å²) in [4.78, 5) is 0. The number of allylic oxidation sites excluding steroid dienone is 2. The number of fused-ring (bicyclic) bond motifs is 1. The molecule has 2 fully saturated rings. The quantitative estimate of drug-likeness (QED) is 0.274. The van der Waals surface area contributed by atoms with Gasteiger partial charge in [0.1, 0.15) is 0 Å². The largest absolute Gasteiger partial charge is 0.0917 e. The molecule has 0 aromatic heterocycles. The van der Waals surface area contributed by atoms with E-state index in [9.17, 15) is 0 Å². The van der Waals surface area contributed by atoms with E-state index in [2.05, 4.69) is 62.4 Å². The van der Waals surface area contributed by atoms with Crippen LogP contribution < -0.4 is 0 Å². The maximum absolute atomic E-state index is 2.50. The van der Waals surface area contributed by atoms with Gasteiger partial charge in [-0.25, -0.2) is 0 Å². The summed E-state index contributed by atoms with van der Waals surface area (Å²) in [6.07, 6.45) is 24.4. The lowest BCUT2D eigenvalue weighted by Crippen LogP contribution is -2.25. The van der Waals surface area contributed by atoms with Gasteiger partial charge in [-0.1, -0.05) is 94.0 Å². The number of benzene rings is 2. The first-order valence-corrected chi connectivity index (χ1v) is 13.9. The molecular formula is C32H46. The summed E-state index contributed by atoms with van der Waals surface area (Å²) >= 11 is 0. The molecule has 0 amide bonds. The van der Waals surface area contributed by atoms with E-state index in [0.29, 0.717) is 0 Å². The van der Waals surface area contributed by atoms with Crippen LogP contribution in [-0.2, 0) is 6.42 Å². The minimum atomic E-state index is 0.787. The molecule has 0 unspecified atom stereocenters. The third-order valence-electron chi connectivity index (χ3n) is 8.78. The van der Waals surface area contributed by atoms with Gasteiger partial charge in [-0.2, -0.15) is 0 Å². The Labute approximate surface area is 197 Å². The van der Waals surface area contributed by atoms with Crippen LogP contribution in [0.3, 0.4) is 0 Å². The van der Waals surface area contributed by atoms with Crippen LogP contribution in [0.4, 0.5) is 0 Å². The van der Waals surface area contributed by atoms with Crippen molar-refractivity contribution < 1.29 is 0 Å². The minimum absolute atomic E-state index is 0.787. The number of aryl methyl sites for hydroxylation is 1. The average molecular weight is 431 g/mol. The van der Waals surface area contributed by atoms with Crippen molar-refractivity contribution in [1.29, 1.82) is 0 Å². The normalized spacial score (nSPS) is 26.7. The van der Waals surface area contributed by atoms with Crippen LogP contribution in [0.5, 0.6) is 0 Å². The van der Waals surface area contributed by atoms with Crippen molar-refractivity contribution in [1.82, 2.24) is 0 Å². The average Bonchev–Trinajstić information content (AvgIpc) is 2.85. The van der Waals surface area contributed by atoms with Crippen LogP contribution in [0.1, 0.15) is 114 Å². The van der Waals surface area contributed by atoms with Gasteiger partial charge in [-0.3, -0.25) is 0 Å². The Bertz CT molecular complexity index is 843. The Hall–Kier alpha value is -1.56. The summed E-state index contributed by atoms with van der Waals surface area (Å²) in [6.45, 7) is 4.43. The summed E-state index contributed by atoms with van der Waals surface area (Å²) in [5.74, 6) is 3.89. The fourth-order valence-corrected chi connectivity index (χ4v) is 6.70. The molecule has 0 nitrogen and oxygen atoms in total. The Morgan fingerprint density at radius 3 is 2.19 bits per heavy atom. The van der Waals surface area contributed by atoms with Gasteiger partial charge in [0.2, 0.25) is 0 Å². The van der Waals surface area contributed by atoms with Gasteiger partial charge in [-0.15, -0.1) is 0 Å². The second-order valence-corrected chi connectivity index (χ2v) is 10.9. The highest BCUT2D eigenvalue weighted by Crippen LogP contribution is 2.44. The molecule has 0 atom stereocenters. The summed E-state index contributed by atoms with van der Waals surface area (Å²) in [7, 11) is 0. The molecule has 0 radical (unpaired) electrons. The van der Waals surface area contributed by atoms with Crippen molar-refractivity contribution >= 4 is 10.8 Å². The fourth-order valence-electron chi connectivity index (χ4n) is 6.70. The van der Waals surface area contributed by atoms with Crippen LogP contribution in [0.15, 0.2) is 48.6 Å². The molecule has 2 aliphatic carbocycles. The molecule has 0 saturated heterocycles. The zero-order valence-corrected chi connectivity index (χ0v) is 20.8. The first-order chi connectivity index (χ1) is 15.8. The molecule has 174 valence electrons. The molecule has 32 heavy (non-hydrogen) atoms. The smallest absolute Gasteiger partial charge is 0.0162 e. The first kappa shape index (κ1) is 23.6. The van der Waals surface area contributed by atoms with Crippen molar-refractivity contribution in [2.75, 3.05) is 0 Å². The fraction of sp³-hybridized carbons (Fsp3) is 0.625. The number of hydrogen-bond acceptors (Lipinski definition) is 0. The molecule has 0 N–H and O–H groups in total. The Morgan fingerprint density at radius 2 is 1.47 bits per heavy atom. The third-order valence-corrected chi connectivity index (χ3v) is 8.78. The molecule has 2 aromatic rings. The second-order valence-electron chi connectivity index (χ2n) is 10.9. The second kappa shape index (κ2) is 12.1. The van der Waals surface area contributed by atoms with Crippen molar-refractivity contribution in [2.45, 2.75) is 110 Å². The zero-order chi connectivity index (χ0) is 22.2. The van der Waals surface area contributed by atoms with E-state index in [-0.39, 0.29) is 0 Å². The van der Waals surface area contributed by atoms with Crippen molar-refractivity contribution in [3.8, 4) is 0 Å². The SMILES string of the molecule is C/C=C/CCc1ccc2cc(C3CCC(C4CCC(CCCCC)CC4)CC3)ccc2c1. The third kappa shape index (κ3) is 6.27. The Morgan fingerprint density at radius 1 is 0.781 bits per heavy atom. The summed E-state index contributed by atoms with van der Waals surface area (Å²) in [6, 6.07) is 14.4. The molecule has 0 heterocycles. The zero-order valence-electron chi connectivity index (χ0n) is 20.8. The monoisotopic (exact) mass is 430 g/mol. The highest BCUT2D eigenvalue weighted by Gasteiger charge is 2.31. The lowest BCUT2D eigenvalue weighted by Gasteiger charge is -2.38. The summed E-state index contributed by atoms with van der Waals surface area (Å²) in [5.41, 5.74) is 3.06. The van der Waals surface area contributed by atoms with Gasteiger partial charge in [0.15, 0.2) is 0 Å². The lowest BCUT2D eigenvalue weighted by atomic mass is 9.68. The van der Waals surface area contributed by atoms with Gasteiger partial charge >= 0.3 is 0 Å². The van der Waals surface area contributed by atoms with E-state index < -0.39 is 0 Å². The van der Waals surface area contributed by atoms with Crippen molar-refractivity contribution in [3.05, 3.63) is 59.7 Å². The van der Waals surface area contributed by atoms with Gasteiger partial charge in [0, 0.05) is 0 Å². The molecule has 0 heteroatoms. The van der Waals surface area contributed by atoms with E-state index in [1.54, 1.807) is 5.56 Å². The van der Waals surface area contributed by atoms with Gasteiger partial charge in [0.25, 0.3) is 0 Å². The topological polar surface area (TPSA) is 0 Å². The number of unbranched alkanes of at least 4 members (excludes halogenated alkanes) is 2. The molecular weight excluding hydrogens is 384 g/mol. The predicted octanol–water partition coefficient (Wildman–Crippen LogP) is 10.0. The minimum Gasteiger partial charge on any atom is -0.0917 e. The Kier molecular flexibility index (Phi) is 8.89. The van der Waals surface area contributed by atoms with Crippen LogP contribution in [0.25, 0.3) is 10.8 Å².